The van der Waals surface area contributed by atoms with Gasteiger partial charge in [0.05, 0.1) is 10.9 Å². The molecule has 0 aromatic heterocycles. The van der Waals surface area contributed by atoms with E-state index in [-0.39, 0.29) is 18.2 Å². The molecule has 2 amide bonds. The van der Waals surface area contributed by atoms with Crippen molar-refractivity contribution in [3.05, 3.63) is 83.9 Å². The van der Waals surface area contributed by atoms with Gasteiger partial charge in [-0.1, -0.05) is 35.9 Å². The van der Waals surface area contributed by atoms with Gasteiger partial charge in [-0.3, -0.25) is 9.59 Å². The van der Waals surface area contributed by atoms with Gasteiger partial charge in [0.1, 0.15) is 0 Å². The molecule has 0 spiro atoms. The molecular formula is C23H18ClN3O2S2. The maximum atomic E-state index is 12.8. The predicted octanol–water partition coefficient (Wildman–Crippen LogP) is 5.57. The van der Waals surface area contributed by atoms with Crippen LogP contribution < -0.4 is 15.5 Å². The van der Waals surface area contributed by atoms with Crippen LogP contribution in [-0.2, 0) is 9.59 Å². The minimum absolute atomic E-state index is 0.154. The van der Waals surface area contributed by atoms with E-state index < -0.39 is 5.25 Å². The molecule has 0 saturated carbocycles. The Morgan fingerprint density at radius 3 is 2.29 bits per heavy atom. The van der Waals surface area contributed by atoms with E-state index in [0.717, 1.165) is 16.3 Å². The number of rotatable bonds is 5. The number of thiocarbonyl (C=S) groups is 1. The Morgan fingerprint density at radius 2 is 1.61 bits per heavy atom. The first-order chi connectivity index (χ1) is 15.0. The number of hydrogen-bond acceptors (Lipinski definition) is 4. The van der Waals surface area contributed by atoms with E-state index in [9.17, 15) is 9.59 Å². The van der Waals surface area contributed by atoms with Crippen molar-refractivity contribution in [1.29, 1.82) is 0 Å². The molecule has 1 atom stereocenters. The summed E-state index contributed by atoms with van der Waals surface area (Å²) in [7, 11) is 0. The van der Waals surface area contributed by atoms with Crippen LogP contribution in [0.15, 0.2) is 83.8 Å². The highest BCUT2D eigenvalue weighted by Crippen LogP contribution is 2.35. The van der Waals surface area contributed by atoms with Gasteiger partial charge in [-0.15, -0.1) is 11.8 Å². The van der Waals surface area contributed by atoms with Gasteiger partial charge in [0.2, 0.25) is 11.8 Å². The minimum Gasteiger partial charge on any atom is -0.332 e. The van der Waals surface area contributed by atoms with Gasteiger partial charge in [-0.05, 0) is 66.8 Å². The van der Waals surface area contributed by atoms with Crippen LogP contribution in [0.3, 0.4) is 0 Å². The molecule has 1 aliphatic rings. The van der Waals surface area contributed by atoms with Crippen molar-refractivity contribution in [1.82, 2.24) is 0 Å². The summed E-state index contributed by atoms with van der Waals surface area (Å²) in [4.78, 5) is 27.4. The number of benzene rings is 3. The third-order valence-corrected chi connectivity index (χ3v) is 6.23. The van der Waals surface area contributed by atoms with E-state index in [0.29, 0.717) is 15.8 Å². The van der Waals surface area contributed by atoms with E-state index in [2.05, 4.69) is 10.6 Å². The molecule has 4 rings (SSSR count). The van der Waals surface area contributed by atoms with Crippen LogP contribution in [0.1, 0.15) is 6.42 Å². The Morgan fingerprint density at radius 1 is 0.935 bits per heavy atom. The minimum atomic E-state index is -0.467. The lowest BCUT2D eigenvalue weighted by Gasteiger charge is -2.15. The molecule has 0 bridgehead atoms. The van der Waals surface area contributed by atoms with E-state index in [1.165, 1.54) is 16.7 Å². The van der Waals surface area contributed by atoms with Crippen molar-refractivity contribution in [2.75, 3.05) is 15.5 Å². The lowest BCUT2D eigenvalue weighted by Crippen LogP contribution is -2.31. The second-order valence-corrected chi connectivity index (χ2v) is 8.95. The van der Waals surface area contributed by atoms with Gasteiger partial charge in [-0.2, -0.15) is 0 Å². The Balaban J connectivity index is 1.37. The molecular weight excluding hydrogens is 450 g/mol. The lowest BCUT2D eigenvalue weighted by atomic mass is 10.3. The maximum Gasteiger partial charge on any atom is 0.247 e. The Kier molecular flexibility index (Phi) is 6.56. The molecule has 1 unspecified atom stereocenters. The molecule has 1 fully saturated rings. The van der Waals surface area contributed by atoms with E-state index in [1.54, 1.807) is 24.3 Å². The average Bonchev–Trinajstić information content (AvgIpc) is 3.03. The van der Waals surface area contributed by atoms with Crippen molar-refractivity contribution >= 4 is 69.6 Å². The fourth-order valence-electron chi connectivity index (χ4n) is 3.18. The number of carbonyl (C=O) groups is 2. The van der Waals surface area contributed by atoms with Gasteiger partial charge in [-0.25, -0.2) is 4.90 Å². The fourth-order valence-corrected chi connectivity index (χ4v) is 4.65. The summed E-state index contributed by atoms with van der Waals surface area (Å²) in [6.45, 7) is 0. The van der Waals surface area contributed by atoms with Crippen LogP contribution in [0.4, 0.5) is 17.1 Å². The largest absolute Gasteiger partial charge is 0.332 e. The predicted molar refractivity (Wildman–Crippen MR) is 131 cm³/mol. The number of imide groups is 1. The van der Waals surface area contributed by atoms with E-state index >= 15 is 0 Å². The standard InChI is InChI=1S/C23H18ClN3O2S2/c24-15-5-4-8-18(13-15)27-21(28)14-20(22(27)29)31-19-11-9-17(10-12-19)26-23(30)25-16-6-2-1-3-7-16/h1-13,20H,14H2,(H2,25,26,30). The van der Waals surface area contributed by atoms with Crippen LogP contribution in [0.25, 0.3) is 0 Å². The number of carbonyl (C=O) groups excluding carboxylic acids is 2. The second kappa shape index (κ2) is 9.51. The summed E-state index contributed by atoms with van der Waals surface area (Å²) < 4.78 is 0. The van der Waals surface area contributed by atoms with Crippen LogP contribution in [0.2, 0.25) is 5.02 Å². The smallest absolute Gasteiger partial charge is 0.247 e. The van der Waals surface area contributed by atoms with E-state index in [1.807, 2.05) is 54.6 Å². The van der Waals surface area contributed by atoms with Gasteiger partial charge in [0.25, 0.3) is 0 Å². The lowest BCUT2D eigenvalue weighted by molar-refractivity contribution is -0.121. The van der Waals surface area contributed by atoms with Gasteiger partial charge in [0, 0.05) is 27.7 Å². The van der Waals surface area contributed by atoms with Crippen molar-refractivity contribution in [3.8, 4) is 0 Å². The molecule has 0 radical (unpaired) electrons. The van der Waals surface area contributed by atoms with Gasteiger partial charge >= 0.3 is 0 Å². The highest BCUT2D eigenvalue weighted by Gasteiger charge is 2.40. The van der Waals surface area contributed by atoms with Crippen molar-refractivity contribution in [2.24, 2.45) is 0 Å². The van der Waals surface area contributed by atoms with Crippen LogP contribution in [0.5, 0.6) is 0 Å². The summed E-state index contributed by atoms with van der Waals surface area (Å²) in [6.07, 6.45) is 0.154. The quantitative estimate of drug-likeness (QED) is 0.377. The maximum absolute atomic E-state index is 12.8. The third-order valence-electron chi connectivity index (χ3n) is 4.59. The average molecular weight is 468 g/mol. The number of amides is 2. The Labute approximate surface area is 194 Å². The van der Waals surface area contributed by atoms with Crippen LogP contribution >= 0.6 is 35.6 Å². The van der Waals surface area contributed by atoms with E-state index in [4.69, 9.17) is 23.8 Å². The number of anilines is 3. The zero-order chi connectivity index (χ0) is 21.8. The molecule has 3 aromatic rings. The third kappa shape index (κ3) is 5.25. The van der Waals surface area contributed by atoms with Crippen molar-refractivity contribution in [2.45, 2.75) is 16.6 Å². The number of para-hydroxylation sites is 1. The number of nitrogens with zero attached hydrogens (tertiary/aromatic N) is 1. The molecule has 0 aliphatic carbocycles. The molecule has 5 nitrogen and oxygen atoms in total. The Hall–Kier alpha value is -2.87. The SMILES string of the molecule is O=C1CC(Sc2ccc(NC(=S)Nc3ccccc3)cc2)C(=O)N1c1cccc(Cl)c1. The molecule has 1 saturated heterocycles. The molecule has 8 heteroatoms. The molecule has 1 aliphatic heterocycles. The number of nitrogens with one attached hydrogen (secondary N) is 2. The topological polar surface area (TPSA) is 61.4 Å². The Bertz CT molecular complexity index is 1120. The van der Waals surface area contributed by atoms with Crippen LogP contribution in [0, 0.1) is 0 Å². The van der Waals surface area contributed by atoms with Crippen molar-refractivity contribution < 1.29 is 9.59 Å². The number of thioether (sulfide) groups is 1. The van der Waals surface area contributed by atoms with Crippen molar-refractivity contribution in [3.63, 3.8) is 0 Å². The highest BCUT2D eigenvalue weighted by atomic mass is 35.5. The summed E-state index contributed by atoms with van der Waals surface area (Å²) in [5, 5.41) is 6.75. The first-order valence-electron chi connectivity index (χ1n) is 9.52. The zero-order valence-electron chi connectivity index (χ0n) is 16.2. The molecule has 3 aromatic carbocycles. The zero-order valence-corrected chi connectivity index (χ0v) is 18.6. The summed E-state index contributed by atoms with van der Waals surface area (Å²) >= 11 is 12.7. The molecule has 2 N–H and O–H groups in total. The monoisotopic (exact) mass is 467 g/mol. The first-order valence-corrected chi connectivity index (χ1v) is 11.2. The van der Waals surface area contributed by atoms with Crippen LogP contribution in [-0.4, -0.2) is 22.2 Å². The number of hydrogen-bond donors (Lipinski definition) is 2. The molecule has 31 heavy (non-hydrogen) atoms. The summed E-state index contributed by atoms with van der Waals surface area (Å²) in [5.41, 5.74) is 2.23. The summed E-state index contributed by atoms with van der Waals surface area (Å²) in [5.74, 6) is -0.451. The first kappa shape index (κ1) is 21.4. The summed E-state index contributed by atoms with van der Waals surface area (Å²) in [6, 6.07) is 24.0. The normalized spacial score (nSPS) is 15.8. The van der Waals surface area contributed by atoms with Gasteiger partial charge < -0.3 is 10.6 Å². The van der Waals surface area contributed by atoms with Gasteiger partial charge in [0.15, 0.2) is 5.11 Å². The number of halogens is 1. The second-order valence-electron chi connectivity index (χ2n) is 6.83. The molecule has 1 heterocycles. The molecule has 156 valence electrons. The highest BCUT2D eigenvalue weighted by molar-refractivity contribution is 8.00. The fraction of sp³-hybridized carbons (Fsp3) is 0.0870.